The van der Waals surface area contributed by atoms with Gasteiger partial charge < -0.3 is 10.2 Å². The summed E-state index contributed by atoms with van der Waals surface area (Å²) in [5.41, 5.74) is 0.526. The Morgan fingerprint density at radius 1 is 1.26 bits per heavy atom. The molecule has 1 N–H and O–H groups in total. The molecule has 2 aliphatic rings. The predicted molar refractivity (Wildman–Crippen MR) is 73.2 cm³/mol. The number of carbonyl (C=O) groups excluding carboxylic acids is 1. The first-order chi connectivity index (χ1) is 9.22. The number of nitrogens with zero attached hydrogens (tertiary/aromatic N) is 3. The third-order valence-corrected chi connectivity index (χ3v) is 3.63. The fourth-order valence-corrected chi connectivity index (χ4v) is 2.45. The van der Waals surface area contributed by atoms with Crippen LogP contribution in [-0.4, -0.2) is 39.9 Å². The van der Waals surface area contributed by atoms with E-state index >= 15 is 0 Å². The molecule has 0 atom stereocenters. The van der Waals surface area contributed by atoms with Gasteiger partial charge in [-0.05, 0) is 39.0 Å². The summed E-state index contributed by atoms with van der Waals surface area (Å²) in [4.78, 5) is 23.0. The van der Waals surface area contributed by atoms with Crippen molar-refractivity contribution in [1.29, 1.82) is 0 Å². The molecule has 1 saturated carbocycles. The highest BCUT2D eigenvalue weighted by molar-refractivity contribution is 5.93. The third-order valence-electron chi connectivity index (χ3n) is 3.63. The molecule has 0 spiro atoms. The smallest absolute Gasteiger partial charge is 0.272 e. The molecule has 0 radical (unpaired) electrons. The minimum Gasteiger partial charge on any atom is -0.367 e. The highest BCUT2D eigenvalue weighted by atomic mass is 16.2. The zero-order valence-electron chi connectivity index (χ0n) is 11.4. The summed E-state index contributed by atoms with van der Waals surface area (Å²) in [6.45, 7) is 3.55. The van der Waals surface area contributed by atoms with Gasteiger partial charge in [-0.1, -0.05) is 0 Å². The fraction of sp³-hybridized carbons (Fsp3) is 0.643. The van der Waals surface area contributed by atoms with Crippen molar-refractivity contribution in [3.8, 4) is 0 Å². The highest BCUT2D eigenvalue weighted by Gasteiger charge is 2.24. The van der Waals surface area contributed by atoms with Crippen LogP contribution in [0, 0.1) is 6.92 Å². The Kier molecular flexibility index (Phi) is 3.36. The molecule has 1 saturated heterocycles. The van der Waals surface area contributed by atoms with E-state index in [9.17, 15) is 4.79 Å². The maximum absolute atomic E-state index is 12.4. The van der Waals surface area contributed by atoms with Crippen molar-refractivity contribution >= 4 is 11.7 Å². The minimum atomic E-state index is 0.0454. The van der Waals surface area contributed by atoms with E-state index in [0.717, 1.165) is 31.7 Å². The lowest BCUT2D eigenvalue weighted by Gasteiger charge is -2.26. The normalized spacial score (nSPS) is 19.3. The van der Waals surface area contributed by atoms with Crippen LogP contribution < -0.4 is 5.32 Å². The molecule has 3 rings (SSSR count). The van der Waals surface area contributed by atoms with Crippen LogP contribution in [0.15, 0.2) is 6.07 Å². The van der Waals surface area contributed by atoms with Gasteiger partial charge in [0, 0.05) is 25.2 Å². The van der Waals surface area contributed by atoms with Gasteiger partial charge in [-0.25, -0.2) is 9.97 Å². The van der Waals surface area contributed by atoms with Crippen molar-refractivity contribution in [2.45, 2.75) is 45.1 Å². The van der Waals surface area contributed by atoms with Crippen LogP contribution in [0.5, 0.6) is 0 Å². The molecule has 1 amide bonds. The van der Waals surface area contributed by atoms with E-state index < -0.39 is 0 Å². The Balaban J connectivity index is 1.77. The number of anilines is 1. The second kappa shape index (κ2) is 5.15. The molecule has 19 heavy (non-hydrogen) atoms. The first-order valence-electron chi connectivity index (χ1n) is 7.14. The molecule has 1 aliphatic heterocycles. The Morgan fingerprint density at radius 3 is 2.68 bits per heavy atom. The summed E-state index contributed by atoms with van der Waals surface area (Å²) in [7, 11) is 0. The van der Waals surface area contributed by atoms with Crippen LogP contribution in [0.2, 0.25) is 0 Å². The van der Waals surface area contributed by atoms with E-state index in [-0.39, 0.29) is 5.91 Å². The Hall–Kier alpha value is -1.65. The monoisotopic (exact) mass is 260 g/mol. The summed E-state index contributed by atoms with van der Waals surface area (Å²) in [6.07, 6.45) is 5.81. The van der Waals surface area contributed by atoms with E-state index in [2.05, 4.69) is 15.3 Å². The van der Waals surface area contributed by atoms with Gasteiger partial charge in [0.2, 0.25) is 0 Å². The molecule has 2 fully saturated rings. The molecule has 0 bridgehead atoms. The average molecular weight is 260 g/mol. The molecular formula is C14H20N4O. The van der Waals surface area contributed by atoms with Crippen LogP contribution in [0.3, 0.4) is 0 Å². The van der Waals surface area contributed by atoms with Gasteiger partial charge in [0.25, 0.3) is 5.91 Å². The molecule has 2 heterocycles. The van der Waals surface area contributed by atoms with Crippen LogP contribution in [0.25, 0.3) is 0 Å². The molecule has 1 aromatic heterocycles. The topological polar surface area (TPSA) is 58.1 Å². The van der Waals surface area contributed by atoms with Gasteiger partial charge >= 0.3 is 0 Å². The Bertz CT molecular complexity index is 478. The second-order valence-corrected chi connectivity index (χ2v) is 5.46. The number of hydrogen-bond donors (Lipinski definition) is 1. The van der Waals surface area contributed by atoms with Crippen molar-refractivity contribution in [3.63, 3.8) is 0 Å². The van der Waals surface area contributed by atoms with E-state index in [1.54, 1.807) is 6.07 Å². The fourth-order valence-electron chi connectivity index (χ4n) is 2.45. The number of nitrogens with one attached hydrogen (secondary N) is 1. The van der Waals surface area contributed by atoms with Crippen LogP contribution in [-0.2, 0) is 0 Å². The van der Waals surface area contributed by atoms with E-state index in [1.165, 1.54) is 19.3 Å². The molecule has 0 unspecified atom stereocenters. The van der Waals surface area contributed by atoms with Crippen LogP contribution in [0.1, 0.15) is 48.4 Å². The molecular weight excluding hydrogens is 240 g/mol. The van der Waals surface area contributed by atoms with Crippen molar-refractivity contribution in [1.82, 2.24) is 14.9 Å². The summed E-state index contributed by atoms with van der Waals surface area (Å²) in [5, 5.41) is 3.33. The lowest BCUT2D eigenvalue weighted by molar-refractivity contribution is 0.0718. The summed E-state index contributed by atoms with van der Waals surface area (Å²) in [5.74, 6) is 1.49. The zero-order valence-corrected chi connectivity index (χ0v) is 11.4. The number of likely N-dealkylation sites (tertiary alicyclic amines) is 1. The van der Waals surface area contributed by atoms with Gasteiger partial charge in [0.1, 0.15) is 17.3 Å². The lowest BCUT2D eigenvalue weighted by Crippen LogP contribution is -2.36. The summed E-state index contributed by atoms with van der Waals surface area (Å²) < 4.78 is 0. The first kappa shape index (κ1) is 12.4. The maximum Gasteiger partial charge on any atom is 0.272 e. The largest absolute Gasteiger partial charge is 0.367 e. The number of hydrogen-bond acceptors (Lipinski definition) is 4. The Labute approximate surface area is 113 Å². The van der Waals surface area contributed by atoms with Crippen molar-refractivity contribution < 1.29 is 4.79 Å². The quantitative estimate of drug-likeness (QED) is 0.903. The zero-order chi connectivity index (χ0) is 13.2. The van der Waals surface area contributed by atoms with Gasteiger partial charge in [0.05, 0.1) is 0 Å². The van der Waals surface area contributed by atoms with Gasteiger partial charge in [-0.15, -0.1) is 0 Å². The van der Waals surface area contributed by atoms with Crippen LogP contribution in [0.4, 0.5) is 5.82 Å². The van der Waals surface area contributed by atoms with Crippen molar-refractivity contribution in [3.05, 3.63) is 17.6 Å². The van der Waals surface area contributed by atoms with Gasteiger partial charge in [-0.3, -0.25) is 4.79 Å². The average Bonchev–Trinajstić information content (AvgIpc) is 3.22. The van der Waals surface area contributed by atoms with Crippen molar-refractivity contribution in [2.75, 3.05) is 18.4 Å². The molecule has 5 nitrogen and oxygen atoms in total. The van der Waals surface area contributed by atoms with E-state index in [1.807, 2.05) is 11.8 Å². The van der Waals surface area contributed by atoms with Gasteiger partial charge in [0.15, 0.2) is 0 Å². The number of aromatic nitrogens is 2. The van der Waals surface area contributed by atoms with Crippen molar-refractivity contribution in [2.24, 2.45) is 0 Å². The SMILES string of the molecule is Cc1nc(NC2CC2)cc(C(=O)N2CCCCC2)n1. The minimum absolute atomic E-state index is 0.0454. The molecule has 1 aromatic rings. The maximum atomic E-state index is 12.4. The van der Waals surface area contributed by atoms with E-state index in [4.69, 9.17) is 0 Å². The first-order valence-corrected chi connectivity index (χ1v) is 7.14. The molecule has 5 heteroatoms. The molecule has 1 aliphatic carbocycles. The second-order valence-electron chi connectivity index (χ2n) is 5.46. The number of rotatable bonds is 3. The number of amides is 1. The Morgan fingerprint density at radius 2 is 2.00 bits per heavy atom. The highest BCUT2D eigenvalue weighted by Crippen LogP contribution is 2.24. The van der Waals surface area contributed by atoms with Gasteiger partial charge in [-0.2, -0.15) is 0 Å². The summed E-state index contributed by atoms with van der Waals surface area (Å²) >= 11 is 0. The number of carbonyl (C=O) groups is 1. The lowest BCUT2D eigenvalue weighted by atomic mass is 10.1. The predicted octanol–water partition coefficient (Wildman–Crippen LogP) is 1.99. The van der Waals surface area contributed by atoms with Crippen LogP contribution >= 0.6 is 0 Å². The summed E-state index contributed by atoms with van der Waals surface area (Å²) in [6, 6.07) is 2.33. The molecule has 0 aromatic carbocycles. The standard InChI is InChI=1S/C14H20N4O/c1-10-15-12(9-13(16-10)17-11-5-6-11)14(19)18-7-3-2-4-8-18/h9,11H,2-8H2,1H3,(H,15,16,17). The number of piperidine rings is 1. The molecule has 102 valence electrons. The number of aryl methyl sites for hydroxylation is 1. The van der Waals surface area contributed by atoms with E-state index in [0.29, 0.717) is 17.6 Å². The third kappa shape index (κ3) is 3.03.